The van der Waals surface area contributed by atoms with Gasteiger partial charge in [0.25, 0.3) is 0 Å². The number of anilines is 1. The SMILES string of the molecule is Cc1cnc2c(F)cc(-c3c[nH]c4nc(NC(C)C)ncc34)cn12. The number of nitrogens with one attached hydrogen (secondary N) is 2. The average molecular weight is 324 g/mol. The van der Waals surface area contributed by atoms with Crippen molar-refractivity contribution in [3.63, 3.8) is 0 Å². The third-order valence-electron chi connectivity index (χ3n) is 3.91. The Morgan fingerprint density at radius 1 is 1.25 bits per heavy atom. The number of H-pyrrole nitrogens is 1. The Labute approximate surface area is 137 Å². The molecule has 4 aromatic heterocycles. The molecule has 0 atom stereocenters. The van der Waals surface area contributed by atoms with E-state index in [1.54, 1.807) is 16.8 Å². The second-order valence-electron chi connectivity index (χ2n) is 6.13. The monoisotopic (exact) mass is 324 g/mol. The zero-order valence-electron chi connectivity index (χ0n) is 13.6. The summed E-state index contributed by atoms with van der Waals surface area (Å²) in [6, 6.07) is 1.74. The van der Waals surface area contributed by atoms with Gasteiger partial charge in [0.2, 0.25) is 5.95 Å². The van der Waals surface area contributed by atoms with Crippen molar-refractivity contribution in [3.8, 4) is 11.1 Å². The normalized spacial score (nSPS) is 11.7. The molecule has 0 aromatic carbocycles. The van der Waals surface area contributed by atoms with E-state index in [0.29, 0.717) is 17.2 Å². The largest absolute Gasteiger partial charge is 0.352 e. The van der Waals surface area contributed by atoms with Gasteiger partial charge in [-0.3, -0.25) is 0 Å². The van der Waals surface area contributed by atoms with Crippen LogP contribution in [0.25, 0.3) is 27.8 Å². The van der Waals surface area contributed by atoms with Crippen LogP contribution in [0.15, 0.2) is 30.9 Å². The van der Waals surface area contributed by atoms with E-state index in [4.69, 9.17) is 0 Å². The second kappa shape index (κ2) is 5.30. The van der Waals surface area contributed by atoms with Crippen LogP contribution in [0, 0.1) is 12.7 Å². The summed E-state index contributed by atoms with van der Waals surface area (Å²) in [4.78, 5) is 16.0. The number of pyridine rings is 1. The van der Waals surface area contributed by atoms with Crippen LogP contribution in [-0.2, 0) is 0 Å². The van der Waals surface area contributed by atoms with Gasteiger partial charge in [-0.1, -0.05) is 0 Å². The molecule has 0 aliphatic heterocycles. The summed E-state index contributed by atoms with van der Waals surface area (Å²) in [5.41, 5.74) is 3.53. The summed E-state index contributed by atoms with van der Waals surface area (Å²) < 4.78 is 16.1. The van der Waals surface area contributed by atoms with Crippen LogP contribution in [0.1, 0.15) is 19.5 Å². The van der Waals surface area contributed by atoms with Crippen molar-refractivity contribution in [2.24, 2.45) is 0 Å². The van der Waals surface area contributed by atoms with Crippen molar-refractivity contribution in [1.82, 2.24) is 24.3 Å². The van der Waals surface area contributed by atoms with Gasteiger partial charge in [0.05, 0.1) is 0 Å². The summed E-state index contributed by atoms with van der Waals surface area (Å²) in [6.07, 6.45) is 7.11. The van der Waals surface area contributed by atoms with E-state index in [1.807, 2.05) is 33.2 Å². The first-order valence-electron chi connectivity index (χ1n) is 7.77. The number of hydrogen-bond acceptors (Lipinski definition) is 4. The van der Waals surface area contributed by atoms with Gasteiger partial charge in [-0.15, -0.1) is 0 Å². The predicted molar refractivity (Wildman–Crippen MR) is 91.5 cm³/mol. The van der Waals surface area contributed by atoms with E-state index in [2.05, 4.69) is 25.3 Å². The minimum atomic E-state index is -0.353. The molecule has 0 spiro atoms. The second-order valence-corrected chi connectivity index (χ2v) is 6.13. The van der Waals surface area contributed by atoms with E-state index >= 15 is 0 Å². The quantitative estimate of drug-likeness (QED) is 0.605. The van der Waals surface area contributed by atoms with Crippen LogP contribution >= 0.6 is 0 Å². The van der Waals surface area contributed by atoms with Gasteiger partial charge in [-0.05, 0) is 26.8 Å². The number of hydrogen-bond donors (Lipinski definition) is 2. The van der Waals surface area contributed by atoms with Gasteiger partial charge in [0, 0.05) is 53.0 Å². The summed E-state index contributed by atoms with van der Waals surface area (Å²) in [7, 11) is 0. The molecule has 0 amide bonds. The van der Waals surface area contributed by atoms with Crippen molar-refractivity contribution in [3.05, 3.63) is 42.4 Å². The fraction of sp³-hybridized carbons (Fsp3) is 0.235. The zero-order valence-corrected chi connectivity index (χ0v) is 13.6. The van der Waals surface area contributed by atoms with E-state index < -0.39 is 0 Å². The molecule has 0 fully saturated rings. The summed E-state index contributed by atoms with van der Waals surface area (Å²) in [5, 5.41) is 4.02. The minimum Gasteiger partial charge on any atom is -0.352 e. The molecule has 0 saturated heterocycles. The van der Waals surface area contributed by atoms with Crippen LogP contribution in [0.4, 0.5) is 10.3 Å². The molecular weight excluding hydrogens is 307 g/mol. The Bertz CT molecular complexity index is 1050. The van der Waals surface area contributed by atoms with Crippen LogP contribution in [-0.4, -0.2) is 30.4 Å². The predicted octanol–water partition coefficient (Wildman–Crippen LogP) is 3.54. The molecular formula is C17H17FN6. The third kappa shape index (κ3) is 2.29. The molecule has 6 nitrogen and oxygen atoms in total. The molecule has 0 saturated carbocycles. The molecule has 4 heterocycles. The Kier molecular flexibility index (Phi) is 3.23. The van der Waals surface area contributed by atoms with Crippen molar-refractivity contribution in [2.75, 3.05) is 5.32 Å². The number of imidazole rings is 1. The van der Waals surface area contributed by atoms with Crippen LogP contribution in [0.5, 0.6) is 0 Å². The summed E-state index contributed by atoms with van der Waals surface area (Å²) in [5.74, 6) is 0.215. The summed E-state index contributed by atoms with van der Waals surface area (Å²) >= 11 is 0. The first kappa shape index (κ1) is 14.6. The minimum absolute atomic E-state index is 0.248. The van der Waals surface area contributed by atoms with Crippen molar-refractivity contribution in [2.45, 2.75) is 26.8 Å². The van der Waals surface area contributed by atoms with Crippen LogP contribution in [0.2, 0.25) is 0 Å². The highest BCUT2D eigenvalue weighted by Crippen LogP contribution is 2.29. The Morgan fingerprint density at radius 3 is 2.88 bits per heavy atom. The first-order valence-corrected chi connectivity index (χ1v) is 7.77. The Hall–Kier alpha value is -2.96. The Balaban J connectivity index is 1.86. The van der Waals surface area contributed by atoms with Gasteiger partial charge in [0.15, 0.2) is 11.5 Å². The average Bonchev–Trinajstić information content (AvgIpc) is 3.11. The van der Waals surface area contributed by atoms with Gasteiger partial charge >= 0.3 is 0 Å². The lowest BCUT2D eigenvalue weighted by molar-refractivity contribution is 0.630. The molecule has 0 bridgehead atoms. The van der Waals surface area contributed by atoms with E-state index in [0.717, 1.165) is 22.2 Å². The third-order valence-corrected chi connectivity index (χ3v) is 3.91. The zero-order chi connectivity index (χ0) is 16.8. The smallest absolute Gasteiger partial charge is 0.224 e. The molecule has 2 N–H and O–H groups in total. The molecule has 0 unspecified atom stereocenters. The fourth-order valence-electron chi connectivity index (χ4n) is 2.78. The highest BCUT2D eigenvalue weighted by atomic mass is 19.1. The standard InChI is InChI=1S/C17H17FN6/c1-9(2)22-17-21-7-13-12(6-19-15(13)23-17)11-4-14(18)16-20-5-10(3)24(16)8-11/h4-9H,1-3H3,(H2,19,21,22,23). The molecule has 24 heavy (non-hydrogen) atoms. The lowest BCUT2D eigenvalue weighted by Crippen LogP contribution is -2.12. The highest BCUT2D eigenvalue weighted by molar-refractivity contribution is 5.93. The molecule has 4 rings (SSSR count). The van der Waals surface area contributed by atoms with Crippen molar-refractivity contribution >= 4 is 22.6 Å². The van der Waals surface area contributed by atoms with Crippen molar-refractivity contribution < 1.29 is 4.39 Å². The first-order chi connectivity index (χ1) is 11.5. The number of aromatic amines is 1. The maximum atomic E-state index is 14.3. The topological polar surface area (TPSA) is 70.9 Å². The Morgan fingerprint density at radius 2 is 2.08 bits per heavy atom. The van der Waals surface area contributed by atoms with Gasteiger partial charge < -0.3 is 14.7 Å². The van der Waals surface area contributed by atoms with E-state index in [-0.39, 0.29) is 11.9 Å². The number of nitrogens with zero attached hydrogens (tertiary/aromatic N) is 4. The lowest BCUT2D eigenvalue weighted by atomic mass is 10.1. The maximum Gasteiger partial charge on any atom is 0.224 e. The fourth-order valence-corrected chi connectivity index (χ4v) is 2.78. The molecule has 4 aromatic rings. The number of fused-ring (bicyclic) bond motifs is 2. The molecule has 7 heteroatoms. The molecule has 0 radical (unpaired) electrons. The van der Waals surface area contributed by atoms with Crippen LogP contribution in [0.3, 0.4) is 0 Å². The molecule has 0 aliphatic rings. The number of aromatic nitrogens is 5. The molecule has 122 valence electrons. The summed E-state index contributed by atoms with van der Waals surface area (Å²) in [6.45, 7) is 5.95. The van der Waals surface area contributed by atoms with Gasteiger partial charge in [0.1, 0.15) is 5.65 Å². The number of halogens is 1. The maximum absolute atomic E-state index is 14.3. The van der Waals surface area contributed by atoms with Crippen LogP contribution < -0.4 is 5.32 Å². The van der Waals surface area contributed by atoms with Crippen molar-refractivity contribution in [1.29, 1.82) is 0 Å². The van der Waals surface area contributed by atoms with E-state index in [9.17, 15) is 4.39 Å². The van der Waals surface area contributed by atoms with E-state index in [1.165, 1.54) is 6.07 Å². The highest BCUT2D eigenvalue weighted by Gasteiger charge is 2.13. The lowest BCUT2D eigenvalue weighted by Gasteiger charge is -2.07. The molecule has 0 aliphatic carbocycles. The number of aryl methyl sites for hydroxylation is 1. The van der Waals surface area contributed by atoms with Gasteiger partial charge in [-0.25, -0.2) is 14.4 Å². The van der Waals surface area contributed by atoms with Gasteiger partial charge in [-0.2, -0.15) is 4.98 Å². The number of rotatable bonds is 3.